The van der Waals surface area contributed by atoms with Crippen LogP contribution < -0.4 is 0 Å². The largest absolute Gasteiger partial charge is 0.461 e. The van der Waals surface area contributed by atoms with Crippen molar-refractivity contribution in [2.75, 3.05) is 6.54 Å². The van der Waals surface area contributed by atoms with Crippen LogP contribution in [0.2, 0.25) is 0 Å². The number of hydrogen-bond acceptors (Lipinski definition) is 7. The molecule has 0 spiro atoms. The Hall–Kier alpha value is -2.48. The lowest BCUT2D eigenvalue weighted by atomic mass is 10.0. The zero-order valence-corrected chi connectivity index (χ0v) is 12.7. The highest BCUT2D eigenvalue weighted by Crippen LogP contribution is 2.22. The van der Waals surface area contributed by atoms with Crippen LogP contribution in [0.25, 0.3) is 11.6 Å². The smallest absolute Gasteiger partial charge is 0.241 e. The first-order valence-corrected chi connectivity index (χ1v) is 7.81. The van der Waals surface area contributed by atoms with Gasteiger partial charge in [0.2, 0.25) is 11.7 Å². The Morgan fingerprint density at radius 2 is 2.30 bits per heavy atom. The number of piperidine rings is 1. The molecule has 4 heterocycles. The molecule has 4 rings (SSSR count). The molecule has 1 aliphatic heterocycles. The van der Waals surface area contributed by atoms with Crippen molar-refractivity contribution in [3.63, 3.8) is 0 Å². The topological polar surface area (TPSA) is 86.0 Å². The van der Waals surface area contributed by atoms with Crippen molar-refractivity contribution < 1.29 is 8.94 Å². The molecule has 0 unspecified atom stereocenters. The van der Waals surface area contributed by atoms with Gasteiger partial charge in [-0.15, -0.1) is 0 Å². The van der Waals surface area contributed by atoms with E-state index in [0.717, 1.165) is 19.5 Å². The number of rotatable bonds is 5. The fourth-order valence-electron chi connectivity index (χ4n) is 3.02. The van der Waals surface area contributed by atoms with E-state index >= 15 is 0 Å². The Morgan fingerprint density at radius 1 is 1.30 bits per heavy atom. The number of likely N-dealkylation sites (tertiary alicyclic amines) is 1. The predicted octanol–water partition coefficient (Wildman–Crippen LogP) is 1.98. The maximum absolute atomic E-state index is 5.38. The monoisotopic (exact) mass is 314 g/mol. The predicted molar refractivity (Wildman–Crippen MR) is 80.1 cm³/mol. The Balaban J connectivity index is 1.45. The van der Waals surface area contributed by atoms with Gasteiger partial charge in [-0.25, -0.2) is 4.98 Å². The number of furan rings is 1. The molecule has 0 N–H and O–H groups in total. The summed E-state index contributed by atoms with van der Waals surface area (Å²) in [6.07, 6.45) is 8.49. The highest BCUT2D eigenvalue weighted by molar-refractivity contribution is 5.44. The molecule has 120 valence electrons. The van der Waals surface area contributed by atoms with Crippen LogP contribution in [0.5, 0.6) is 0 Å². The molecule has 1 saturated heterocycles. The summed E-state index contributed by atoms with van der Waals surface area (Å²) in [5.41, 5.74) is 0. The van der Waals surface area contributed by atoms with Crippen LogP contribution in [0.15, 0.2) is 40.0 Å². The third-order valence-electron chi connectivity index (χ3n) is 4.16. The lowest BCUT2D eigenvalue weighted by Gasteiger charge is -2.34. The van der Waals surface area contributed by atoms with E-state index in [-0.39, 0.29) is 0 Å². The number of aromatic nitrogens is 5. The van der Waals surface area contributed by atoms with Gasteiger partial charge in [-0.05, 0) is 31.5 Å². The standard InChI is InChI=1S/C15H18N6O2/c1-2-6-20(12(4-1)8-21-11-16-10-17-21)9-14-18-15(19-23-14)13-5-3-7-22-13/h3,5,7,10-12H,1-2,4,6,8-9H2/t12-/m0/s1. The molecule has 3 aromatic heterocycles. The third-order valence-corrected chi connectivity index (χ3v) is 4.16. The van der Waals surface area contributed by atoms with E-state index in [0.29, 0.717) is 30.1 Å². The molecule has 0 radical (unpaired) electrons. The molecular weight excluding hydrogens is 296 g/mol. The molecule has 0 saturated carbocycles. The Morgan fingerprint density at radius 3 is 3.13 bits per heavy atom. The minimum Gasteiger partial charge on any atom is -0.461 e. The van der Waals surface area contributed by atoms with Crippen LogP contribution in [0.1, 0.15) is 25.2 Å². The van der Waals surface area contributed by atoms with Crippen molar-refractivity contribution in [3.05, 3.63) is 36.9 Å². The summed E-state index contributed by atoms with van der Waals surface area (Å²) in [6.45, 7) is 2.50. The number of hydrogen-bond donors (Lipinski definition) is 0. The highest BCUT2D eigenvalue weighted by Gasteiger charge is 2.25. The SMILES string of the molecule is c1coc(-c2noc(CN3CCCC[C@H]3Cn3cncn3)n2)c1. The van der Waals surface area contributed by atoms with E-state index in [2.05, 4.69) is 25.1 Å². The molecule has 8 heteroatoms. The second-order valence-corrected chi connectivity index (χ2v) is 5.73. The first-order chi connectivity index (χ1) is 11.4. The molecule has 8 nitrogen and oxygen atoms in total. The van der Waals surface area contributed by atoms with Gasteiger partial charge in [0.15, 0.2) is 5.76 Å². The van der Waals surface area contributed by atoms with Crippen molar-refractivity contribution in [1.29, 1.82) is 0 Å². The second kappa shape index (κ2) is 6.33. The van der Waals surface area contributed by atoms with E-state index in [4.69, 9.17) is 8.94 Å². The number of nitrogens with zero attached hydrogens (tertiary/aromatic N) is 6. The van der Waals surface area contributed by atoms with Gasteiger partial charge in [-0.2, -0.15) is 10.1 Å². The summed E-state index contributed by atoms with van der Waals surface area (Å²) in [4.78, 5) is 10.8. The summed E-state index contributed by atoms with van der Waals surface area (Å²) < 4.78 is 12.6. The van der Waals surface area contributed by atoms with Gasteiger partial charge < -0.3 is 8.94 Å². The van der Waals surface area contributed by atoms with E-state index < -0.39 is 0 Å². The molecule has 1 atom stereocenters. The summed E-state index contributed by atoms with van der Waals surface area (Å²) in [5.74, 6) is 1.73. The summed E-state index contributed by atoms with van der Waals surface area (Å²) in [5, 5.41) is 8.20. The van der Waals surface area contributed by atoms with Crippen LogP contribution >= 0.6 is 0 Å². The normalized spacial score (nSPS) is 19.2. The van der Waals surface area contributed by atoms with Crippen molar-refractivity contribution in [3.8, 4) is 11.6 Å². The lowest BCUT2D eigenvalue weighted by molar-refractivity contribution is 0.108. The minimum atomic E-state index is 0.407. The average molecular weight is 314 g/mol. The van der Waals surface area contributed by atoms with Gasteiger partial charge >= 0.3 is 0 Å². The lowest BCUT2D eigenvalue weighted by Crippen LogP contribution is -2.41. The molecular formula is C15H18N6O2. The van der Waals surface area contributed by atoms with Crippen LogP contribution in [0, 0.1) is 0 Å². The van der Waals surface area contributed by atoms with Gasteiger partial charge in [-0.1, -0.05) is 11.6 Å². The quantitative estimate of drug-likeness (QED) is 0.711. The molecule has 0 bridgehead atoms. The minimum absolute atomic E-state index is 0.407. The molecule has 0 amide bonds. The summed E-state index contributed by atoms with van der Waals surface area (Å²) in [6, 6.07) is 4.04. The first-order valence-electron chi connectivity index (χ1n) is 7.81. The fraction of sp³-hybridized carbons (Fsp3) is 0.467. The third kappa shape index (κ3) is 3.16. The first kappa shape index (κ1) is 14.1. The van der Waals surface area contributed by atoms with E-state index in [9.17, 15) is 0 Å². The van der Waals surface area contributed by atoms with Crippen LogP contribution in [0.4, 0.5) is 0 Å². The highest BCUT2D eigenvalue weighted by atomic mass is 16.5. The van der Waals surface area contributed by atoms with Gasteiger partial charge in [0.25, 0.3) is 0 Å². The van der Waals surface area contributed by atoms with Crippen LogP contribution in [-0.2, 0) is 13.1 Å². The van der Waals surface area contributed by atoms with E-state index in [1.165, 1.54) is 12.8 Å². The summed E-state index contributed by atoms with van der Waals surface area (Å²) in [7, 11) is 0. The molecule has 1 aliphatic rings. The molecule has 1 fully saturated rings. The van der Waals surface area contributed by atoms with Gasteiger partial charge in [0.1, 0.15) is 12.7 Å². The van der Waals surface area contributed by atoms with E-state index in [1.54, 1.807) is 18.9 Å². The fourth-order valence-corrected chi connectivity index (χ4v) is 3.02. The summed E-state index contributed by atoms with van der Waals surface area (Å²) >= 11 is 0. The molecule has 3 aromatic rings. The zero-order valence-electron chi connectivity index (χ0n) is 12.7. The van der Waals surface area contributed by atoms with E-state index in [1.807, 2.05) is 16.8 Å². The van der Waals surface area contributed by atoms with Crippen LogP contribution in [-0.4, -0.2) is 42.4 Å². The zero-order chi connectivity index (χ0) is 15.5. The Kier molecular flexibility index (Phi) is 3.89. The van der Waals surface area contributed by atoms with Crippen molar-refractivity contribution in [2.24, 2.45) is 0 Å². The molecule has 0 aromatic carbocycles. The average Bonchev–Trinajstić information content (AvgIpc) is 3.31. The van der Waals surface area contributed by atoms with Crippen molar-refractivity contribution in [2.45, 2.75) is 38.4 Å². The van der Waals surface area contributed by atoms with Gasteiger partial charge in [-0.3, -0.25) is 9.58 Å². The van der Waals surface area contributed by atoms with Gasteiger partial charge in [0, 0.05) is 6.04 Å². The maximum atomic E-state index is 5.38. The maximum Gasteiger partial charge on any atom is 0.241 e. The van der Waals surface area contributed by atoms with Crippen LogP contribution in [0.3, 0.4) is 0 Å². The molecule has 0 aliphatic carbocycles. The van der Waals surface area contributed by atoms with Gasteiger partial charge in [0.05, 0.1) is 19.4 Å². The molecule has 23 heavy (non-hydrogen) atoms. The van der Waals surface area contributed by atoms with Crippen molar-refractivity contribution >= 4 is 0 Å². The van der Waals surface area contributed by atoms with Crippen molar-refractivity contribution in [1.82, 2.24) is 29.8 Å². The Labute approximate surface area is 133 Å². The Bertz CT molecular complexity index is 721. The second-order valence-electron chi connectivity index (χ2n) is 5.73.